The van der Waals surface area contributed by atoms with Gasteiger partial charge in [-0.05, 0) is 23.3 Å². The molecule has 0 fully saturated rings. The first-order valence-corrected chi connectivity index (χ1v) is 6.94. The van der Waals surface area contributed by atoms with E-state index in [0.29, 0.717) is 12.4 Å². The Morgan fingerprint density at radius 2 is 2.15 bits per heavy atom. The average molecular weight is 283 g/mol. The number of carbonyl (C=O) groups excluding carboxylic acids is 1. The van der Waals surface area contributed by atoms with Crippen molar-refractivity contribution in [2.24, 2.45) is 0 Å². The number of hydrogen-bond donors (Lipinski definition) is 0. The lowest BCUT2D eigenvalue weighted by Gasteiger charge is -2.04. The van der Waals surface area contributed by atoms with E-state index in [1.165, 1.54) is 6.20 Å². The highest BCUT2D eigenvalue weighted by Crippen LogP contribution is 2.14. The largest absolute Gasteiger partial charge is 0.466 e. The molecule has 0 spiro atoms. The lowest BCUT2D eigenvalue weighted by Crippen LogP contribution is -2.12. The number of imidazole rings is 1. The van der Waals surface area contributed by atoms with Gasteiger partial charge in [-0.25, -0.2) is 0 Å². The van der Waals surface area contributed by atoms with Gasteiger partial charge in [0.2, 0.25) is 5.82 Å². The Bertz CT molecular complexity index is 456. The third kappa shape index (κ3) is 4.99. The van der Waals surface area contributed by atoms with Gasteiger partial charge in [-0.15, -0.1) is 0 Å². The van der Waals surface area contributed by atoms with Crippen LogP contribution in [0.15, 0.2) is 6.20 Å². The number of rotatable bonds is 9. The van der Waals surface area contributed by atoms with Gasteiger partial charge in [0.25, 0.3) is 0 Å². The van der Waals surface area contributed by atoms with Crippen molar-refractivity contribution in [2.75, 3.05) is 6.61 Å². The molecule has 112 valence electrons. The molecule has 7 heteroatoms. The van der Waals surface area contributed by atoms with Gasteiger partial charge in [0, 0.05) is 6.54 Å². The van der Waals surface area contributed by atoms with Gasteiger partial charge < -0.3 is 19.4 Å². The number of hydrogen-bond acceptors (Lipinski definition) is 5. The van der Waals surface area contributed by atoms with Crippen molar-refractivity contribution in [3.8, 4) is 0 Å². The number of nitro groups is 1. The lowest BCUT2D eigenvalue weighted by molar-refractivity contribution is -0.389. The molecule has 0 radical (unpaired) electrons. The lowest BCUT2D eigenvalue weighted by atomic mass is 10.2. The van der Waals surface area contributed by atoms with E-state index >= 15 is 0 Å². The molecule has 0 saturated carbocycles. The van der Waals surface area contributed by atoms with Crippen LogP contribution < -0.4 is 0 Å². The van der Waals surface area contributed by atoms with E-state index in [4.69, 9.17) is 4.74 Å². The second-order valence-electron chi connectivity index (χ2n) is 4.51. The van der Waals surface area contributed by atoms with Crippen LogP contribution in [0.2, 0.25) is 0 Å². The van der Waals surface area contributed by atoms with Crippen LogP contribution in [0, 0.1) is 10.1 Å². The minimum atomic E-state index is -0.544. The van der Waals surface area contributed by atoms with Crippen LogP contribution in [0.25, 0.3) is 0 Å². The van der Waals surface area contributed by atoms with Crippen LogP contribution >= 0.6 is 0 Å². The summed E-state index contributed by atoms with van der Waals surface area (Å²) in [6, 6.07) is 0. The quantitative estimate of drug-likeness (QED) is 0.301. The van der Waals surface area contributed by atoms with E-state index < -0.39 is 10.9 Å². The predicted molar refractivity (Wildman–Crippen MR) is 73.4 cm³/mol. The van der Waals surface area contributed by atoms with E-state index in [2.05, 4.69) is 11.9 Å². The Hall–Kier alpha value is -1.92. The van der Waals surface area contributed by atoms with Crippen molar-refractivity contribution in [1.29, 1.82) is 0 Å². The van der Waals surface area contributed by atoms with Crippen molar-refractivity contribution in [1.82, 2.24) is 9.55 Å². The molecule has 0 atom stereocenters. The number of unbranched alkanes of at least 4 members (excludes halogenated alkanes) is 3. The highest BCUT2D eigenvalue weighted by Gasteiger charge is 2.21. The minimum absolute atomic E-state index is 0.0323. The van der Waals surface area contributed by atoms with Crippen molar-refractivity contribution >= 4 is 11.8 Å². The summed E-state index contributed by atoms with van der Waals surface area (Å²) in [7, 11) is 0. The first kappa shape index (κ1) is 16.1. The molecule has 0 amide bonds. The summed E-state index contributed by atoms with van der Waals surface area (Å²) in [6.45, 7) is 4.76. The Kier molecular flexibility index (Phi) is 6.69. The first-order chi connectivity index (χ1) is 9.58. The van der Waals surface area contributed by atoms with E-state index in [9.17, 15) is 14.9 Å². The topological polar surface area (TPSA) is 87.3 Å². The Morgan fingerprint density at radius 3 is 2.75 bits per heavy atom. The molecule has 7 nitrogen and oxygen atoms in total. The molecule has 1 rings (SSSR count). The van der Waals surface area contributed by atoms with Crippen molar-refractivity contribution < 1.29 is 14.5 Å². The zero-order chi connectivity index (χ0) is 15.0. The normalized spacial score (nSPS) is 10.5. The molecule has 0 N–H and O–H groups in total. The number of ether oxygens (including phenoxy) is 1. The van der Waals surface area contributed by atoms with Crippen molar-refractivity contribution in [3.63, 3.8) is 0 Å². The molecule has 0 bridgehead atoms. The van der Waals surface area contributed by atoms with Crippen LogP contribution in [0.1, 0.15) is 45.4 Å². The third-order valence-electron chi connectivity index (χ3n) is 2.89. The Balaban J connectivity index is 2.73. The van der Waals surface area contributed by atoms with Crippen LogP contribution in [-0.4, -0.2) is 27.1 Å². The molecule has 0 aliphatic rings. The summed E-state index contributed by atoms with van der Waals surface area (Å²) in [4.78, 5) is 25.6. The maximum Gasteiger partial charge on any atom is 0.381 e. The molecule has 0 aliphatic carbocycles. The van der Waals surface area contributed by atoms with Gasteiger partial charge in [-0.2, -0.15) is 0 Å². The second-order valence-corrected chi connectivity index (χ2v) is 4.51. The van der Waals surface area contributed by atoms with Crippen LogP contribution in [0.5, 0.6) is 0 Å². The number of esters is 1. The van der Waals surface area contributed by atoms with Gasteiger partial charge in [-0.1, -0.05) is 26.2 Å². The molecule has 0 unspecified atom stereocenters. The van der Waals surface area contributed by atoms with Crippen molar-refractivity contribution in [2.45, 2.75) is 52.5 Å². The predicted octanol–water partition coefficient (Wildman–Crippen LogP) is 2.48. The SMILES string of the molecule is CCCCCCn1cc([N+](=O)[O-])nc1CC(=O)OCC. The van der Waals surface area contributed by atoms with Crippen molar-refractivity contribution in [3.05, 3.63) is 22.1 Å². The average Bonchev–Trinajstić information content (AvgIpc) is 2.78. The summed E-state index contributed by atoms with van der Waals surface area (Å²) in [5.41, 5.74) is 0. The number of aromatic nitrogens is 2. The number of carbonyl (C=O) groups is 1. The van der Waals surface area contributed by atoms with E-state index in [1.54, 1.807) is 11.5 Å². The molecule has 0 aromatic carbocycles. The first-order valence-electron chi connectivity index (χ1n) is 6.94. The summed E-state index contributed by atoms with van der Waals surface area (Å²) < 4.78 is 6.54. The minimum Gasteiger partial charge on any atom is -0.466 e. The Morgan fingerprint density at radius 1 is 1.40 bits per heavy atom. The zero-order valence-corrected chi connectivity index (χ0v) is 12.0. The fourth-order valence-electron chi connectivity index (χ4n) is 1.91. The Labute approximate surface area is 118 Å². The summed E-state index contributed by atoms with van der Waals surface area (Å²) >= 11 is 0. The standard InChI is InChI=1S/C13H21N3O4/c1-3-5-6-7-8-15-10-12(16(18)19)14-11(15)9-13(17)20-4-2/h10H,3-9H2,1-2H3. The molecule has 0 aliphatic heterocycles. The summed E-state index contributed by atoms with van der Waals surface area (Å²) in [6.07, 6.45) is 5.58. The fourth-order valence-corrected chi connectivity index (χ4v) is 1.91. The van der Waals surface area contributed by atoms with E-state index in [1.807, 2.05) is 0 Å². The summed E-state index contributed by atoms with van der Waals surface area (Å²) in [5.74, 6) is -0.241. The van der Waals surface area contributed by atoms with Crippen LogP contribution in [0.3, 0.4) is 0 Å². The van der Waals surface area contributed by atoms with Gasteiger partial charge in [-0.3, -0.25) is 4.79 Å². The van der Waals surface area contributed by atoms with Gasteiger partial charge in [0.1, 0.15) is 12.6 Å². The molecule has 20 heavy (non-hydrogen) atoms. The maximum atomic E-state index is 11.5. The number of aryl methyl sites for hydroxylation is 1. The highest BCUT2D eigenvalue weighted by molar-refractivity contribution is 5.71. The van der Waals surface area contributed by atoms with Crippen LogP contribution in [0.4, 0.5) is 5.82 Å². The second kappa shape index (κ2) is 8.29. The van der Waals surface area contributed by atoms with Gasteiger partial charge in [0.05, 0.1) is 6.61 Å². The number of nitrogens with zero attached hydrogens (tertiary/aromatic N) is 3. The van der Waals surface area contributed by atoms with E-state index in [0.717, 1.165) is 25.7 Å². The molecule has 1 aromatic heterocycles. The maximum absolute atomic E-state index is 11.5. The monoisotopic (exact) mass is 283 g/mol. The van der Waals surface area contributed by atoms with Crippen LogP contribution in [-0.2, 0) is 22.5 Å². The molecular weight excluding hydrogens is 262 g/mol. The zero-order valence-electron chi connectivity index (χ0n) is 12.0. The van der Waals surface area contributed by atoms with Gasteiger partial charge >= 0.3 is 11.8 Å². The fraction of sp³-hybridized carbons (Fsp3) is 0.692. The van der Waals surface area contributed by atoms with E-state index in [-0.39, 0.29) is 18.8 Å². The molecule has 1 aromatic rings. The molecule has 0 saturated heterocycles. The molecular formula is C13H21N3O4. The third-order valence-corrected chi connectivity index (χ3v) is 2.89. The smallest absolute Gasteiger partial charge is 0.381 e. The molecule has 1 heterocycles. The highest BCUT2D eigenvalue weighted by atomic mass is 16.6. The summed E-state index contributed by atoms with van der Waals surface area (Å²) in [5, 5.41) is 10.8. The van der Waals surface area contributed by atoms with Gasteiger partial charge in [0.15, 0.2) is 0 Å².